The Morgan fingerprint density at radius 2 is 2.07 bits per heavy atom. The number of aliphatic carboxylic acids is 1. The number of urea groups is 1. The van der Waals surface area contributed by atoms with Gasteiger partial charge < -0.3 is 15.2 Å². The molecule has 0 spiro atoms. The Hall–Kier alpha value is -2.20. The molecule has 0 radical (unpaired) electrons. The highest BCUT2D eigenvalue weighted by Gasteiger charge is 2.35. The number of hydrogen-bond donors (Lipinski definition) is 3. The highest BCUT2D eigenvalue weighted by molar-refractivity contribution is 7.14. The molecule has 27 heavy (non-hydrogen) atoms. The Morgan fingerprint density at radius 3 is 2.63 bits per heavy atom. The van der Waals surface area contributed by atoms with Crippen LogP contribution < -0.4 is 10.6 Å². The zero-order valence-electron chi connectivity index (χ0n) is 15.9. The molecule has 0 aliphatic heterocycles. The average Bonchev–Trinajstić information content (AvgIpc) is 3.04. The molecule has 1 aromatic rings. The molecule has 150 valence electrons. The van der Waals surface area contributed by atoms with Gasteiger partial charge in [-0.05, 0) is 33.2 Å². The lowest BCUT2D eigenvalue weighted by Gasteiger charge is -2.42. The molecule has 0 saturated heterocycles. The zero-order chi connectivity index (χ0) is 20.2. The summed E-state index contributed by atoms with van der Waals surface area (Å²) in [5.41, 5.74) is -0.359. The molecule has 1 saturated carbocycles. The van der Waals surface area contributed by atoms with Crippen LogP contribution in [-0.4, -0.2) is 65.2 Å². The number of methoxy groups -OCH3 is 1. The molecule has 1 fully saturated rings. The third-order valence-corrected chi connectivity index (χ3v) is 5.53. The smallest absolute Gasteiger partial charge is 0.321 e. The predicted molar refractivity (Wildman–Crippen MR) is 101 cm³/mol. The lowest BCUT2D eigenvalue weighted by molar-refractivity contribution is -0.146. The Bertz CT molecular complexity index is 699. The molecule has 1 aliphatic rings. The summed E-state index contributed by atoms with van der Waals surface area (Å²) in [6.45, 7) is 6.02. The second kappa shape index (κ2) is 8.66. The molecule has 10 heteroatoms. The standard InChI is InChI=1S/C17H26N4O5S/c1-5-21(8-13(22)23)11-6-10(7-11)18-15(25)20-16-19-12(9-27-16)17(2,3)14(24)26-4/h9-11H,5-8H2,1-4H3,(H,22,23)(H2,18,19,20,25). The number of nitrogens with one attached hydrogen (secondary N) is 2. The van der Waals surface area contributed by atoms with Crippen molar-refractivity contribution in [2.45, 2.75) is 51.1 Å². The molecular formula is C17H26N4O5S. The van der Waals surface area contributed by atoms with Crippen molar-refractivity contribution < 1.29 is 24.2 Å². The van der Waals surface area contributed by atoms with Crippen LogP contribution >= 0.6 is 11.3 Å². The van der Waals surface area contributed by atoms with Gasteiger partial charge in [-0.25, -0.2) is 9.78 Å². The molecule has 2 amide bonds. The molecule has 1 aromatic heterocycles. The average molecular weight is 398 g/mol. The topological polar surface area (TPSA) is 121 Å². The number of nitrogens with zero attached hydrogens (tertiary/aromatic N) is 2. The fourth-order valence-corrected chi connectivity index (χ4v) is 3.85. The van der Waals surface area contributed by atoms with Crippen molar-refractivity contribution in [1.82, 2.24) is 15.2 Å². The van der Waals surface area contributed by atoms with Crippen molar-refractivity contribution in [2.75, 3.05) is 25.5 Å². The number of aromatic nitrogens is 1. The number of carboxylic acids is 1. The fourth-order valence-electron chi connectivity index (χ4n) is 2.97. The third-order valence-electron chi connectivity index (χ3n) is 4.77. The molecule has 1 aliphatic carbocycles. The number of rotatable bonds is 8. The SMILES string of the molecule is CCN(CC(=O)O)C1CC(NC(=O)Nc2nc(C(C)(C)C(=O)OC)cs2)C1. The number of carbonyl (C=O) groups excluding carboxylic acids is 2. The van der Waals surface area contributed by atoms with Gasteiger partial charge in [0.15, 0.2) is 5.13 Å². The van der Waals surface area contributed by atoms with Crippen LogP contribution in [0.2, 0.25) is 0 Å². The first kappa shape index (κ1) is 21.1. The minimum atomic E-state index is -0.892. The van der Waals surface area contributed by atoms with Crippen molar-refractivity contribution in [3.8, 4) is 0 Å². The molecule has 2 rings (SSSR count). The van der Waals surface area contributed by atoms with Gasteiger partial charge in [-0.3, -0.25) is 19.8 Å². The first-order valence-electron chi connectivity index (χ1n) is 8.75. The van der Waals surface area contributed by atoms with E-state index in [2.05, 4.69) is 15.6 Å². The van der Waals surface area contributed by atoms with E-state index in [1.54, 1.807) is 19.2 Å². The van der Waals surface area contributed by atoms with Gasteiger partial charge in [0.1, 0.15) is 5.41 Å². The van der Waals surface area contributed by atoms with E-state index in [1.165, 1.54) is 18.4 Å². The minimum Gasteiger partial charge on any atom is -0.480 e. The van der Waals surface area contributed by atoms with Crippen LogP contribution in [0.5, 0.6) is 0 Å². The summed E-state index contributed by atoms with van der Waals surface area (Å²) in [5, 5.41) is 16.6. The summed E-state index contributed by atoms with van der Waals surface area (Å²) in [6.07, 6.45) is 1.43. The molecule has 9 nitrogen and oxygen atoms in total. The molecule has 0 unspecified atom stereocenters. The lowest BCUT2D eigenvalue weighted by atomic mass is 9.85. The minimum absolute atomic E-state index is 0.00351. The van der Waals surface area contributed by atoms with Gasteiger partial charge in [0, 0.05) is 17.5 Å². The highest BCUT2D eigenvalue weighted by atomic mass is 32.1. The first-order valence-corrected chi connectivity index (χ1v) is 9.63. The van der Waals surface area contributed by atoms with E-state index >= 15 is 0 Å². The summed E-state index contributed by atoms with van der Waals surface area (Å²) >= 11 is 1.24. The van der Waals surface area contributed by atoms with Crippen LogP contribution in [0.3, 0.4) is 0 Å². The largest absolute Gasteiger partial charge is 0.480 e. The maximum atomic E-state index is 12.1. The van der Waals surface area contributed by atoms with E-state index in [0.29, 0.717) is 30.2 Å². The van der Waals surface area contributed by atoms with Gasteiger partial charge in [0.2, 0.25) is 0 Å². The maximum Gasteiger partial charge on any atom is 0.321 e. The Labute approximate surface area is 162 Å². The highest BCUT2D eigenvalue weighted by Crippen LogP contribution is 2.29. The van der Waals surface area contributed by atoms with Crippen molar-refractivity contribution in [1.29, 1.82) is 0 Å². The van der Waals surface area contributed by atoms with Crippen LogP contribution in [0.4, 0.5) is 9.93 Å². The number of likely N-dealkylation sites (N-methyl/N-ethyl adjacent to an activating group) is 1. The summed E-state index contributed by atoms with van der Waals surface area (Å²) < 4.78 is 4.78. The number of hydrogen-bond acceptors (Lipinski definition) is 7. The number of esters is 1. The second-order valence-electron chi connectivity index (χ2n) is 7.03. The van der Waals surface area contributed by atoms with E-state index in [0.717, 1.165) is 0 Å². The number of ether oxygens (including phenoxy) is 1. The maximum absolute atomic E-state index is 12.1. The Balaban J connectivity index is 1.82. The quantitative estimate of drug-likeness (QED) is 0.569. The molecule has 1 heterocycles. The number of amides is 2. The number of carbonyl (C=O) groups is 3. The van der Waals surface area contributed by atoms with Crippen LogP contribution in [-0.2, 0) is 19.7 Å². The molecule has 0 atom stereocenters. The van der Waals surface area contributed by atoms with Crippen molar-refractivity contribution in [3.63, 3.8) is 0 Å². The first-order chi connectivity index (χ1) is 12.7. The van der Waals surface area contributed by atoms with Gasteiger partial charge in [0.25, 0.3) is 0 Å². The predicted octanol–water partition coefficient (Wildman–Crippen LogP) is 1.65. The fraction of sp³-hybridized carbons (Fsp3) is 0.647. The summed E-state index contributed by atoms with van der Waals surface area (Å²) in [5.74, 6) is -1.24. The van der Waals surface area contributed by atoms with Gasteiger partial charge in [0.05, 0.1) is 19.3 Å². The van der Waals surface area contributed by atoms with Crippen LogP contribution in [0.25, 0.3) is 0 Å². The Morgan fingerprint density at radius 1 is 1.41 bits per heavy atom. The Kier molecular flexibility index (Phi) is 6.77. The number of carboxylic acid groups (broad SMARTS) is 1. The third kappa shape index (κ3) is 5.16. The van der Waals surface area contributed by atoms with Gasteiger partial charge in [-0.15, -0.1) is 11.3 Å². The lowest BCUT2D eigenvalue weighted by Crippen LogP contribution is -2.55. The van der Waals surface area contributed by atoms with E-state index in [-0.39, 0.29) is 24.7 Å². The number of anilines is 1. The molecule has 0 bridgehead atoms. The summed E-state index contributed by atoms with van der Waals surface area (Å²) in [7, 11) is 1.32. The number of thiazole rings is 1. The molecule has 0 aromatic carbocycles. The van der Waals surface area contributed by atoms with Gasteiger partial charge >= 0.3 is 18.0 Å². The van der Waals surface area contributed by atoms with E-state index < -0.39 is 17.4 Å². The van der Waals surface area contributed by atoms with E-state index in [4.69, 9.17) is 9.84 Å². The van der Waals surface area contributed by atoms with Gasteiger partial charge in [-0.1, -0.05) is 6.92 Å². The van der Waals surface area contributed by atoms with E-state index in [1.807, 2.05) is 11.8 Å². The van der Waals surface area contributed by atoms with Crippen molar-refractivity contribution >= 4 is 34.4 Å². The van der Waals surface area contributed by atoms with Crippen LogP contribution in [0.15, 0.2) is 5.38 Å². The van der Waals surface area contributed by atoms with Crippen LogP contribution in [0, 0.1) is 0 Å². The van der Waals surface area contributed by atoms with Crippen molar-refractivity contribution in [2.24, 2.45) is 0 Å². The van der Waals surface area contributed by atoms with E-state index in [9.17, 15) is 14.4 Å². The normalized spacial score (nSPS) is 19.3. The molecule has 3 N–H and O–H groups in total. The zero-order valence-corrected chi connectivity index (χ0v) is 16.8. The van der Waals surface area contributed by atoms with Crippen molar-refractivity contribution in [3.05, 3.63) is 11.1 Å². The summed E-state index contributed by atoms with van der Waals surface area (Å²) in [6, 6.07) is -0.191. The second-order valence-corrected chi connectivity index (χ2v) is 7.89. The molecular weight excluding hydrogens is 372 g/mol. The summed E-state index contributed by atoms with van der Waals surface area (Å²) in [4.78, 5) is 41.0. The van der Waals surface area contributed by atoms with Gasteiger partial charge in [-0.2, -0.15) is 0 Å². The van der Waals surface area contributed by atoms with Crippen LogP contribution in [0.1, 0.15) is 39.3 Å². The monoisotopic (exact) mass is 398 g/mol.